The van der Waals surface area contributed by atoms with Gasteiger partial charge in [-0.2, -0.15) is 5.10 Å². The summed E-state index contributed by atoms with van der Waals surface area (Å²) in [6.45, 7) is 8.31. The van der Waals surface area contributed by atoms with Crippen LogP contribution in [0.1, 0.15) is 54.7 Å². The number of hydrogen-bond donors (Lipinski definition) is 2. The quantitative estimate of drug-likeness (QED) is 0.779. The van der Waals surface area contributed by atoms with Gasteiger partial charge in [-0.15, -0.1) is 11.3 Å². The number of ether oxygens (including phenoxy) is 1. The van der Waals surface area contributed by atoms with E-state index in [0.29, 0.717) is 24.0 Å². The van der Waals surface area contributed by atoms with Crippen molar-refractivity contribution in [2.24, 2.45) is 5.92 Å². The molecule has 0 aromatic carbocycles. The van der Waals surface area contributed by atoms with E-state index in [9.17, 15) is 4.79 Å². The van der Waals surface area contributed by atoms with Gasteiger partial charge in [0.2, 0.25) is 0 Å². The zero-order valence-corrected chi connectivity index (χ0v) is 18.6. The van der Waals surface area contributed by atoms with Gasteiger partial charge < -0.3 is 15.4 Å². The maximum atomic E-state index is 12.9. The van der Waals surface area contributed by atoms with Gasteiger partial charge in [-0.1, -0.05) is 6.92 Å². The van der Waals surface area contributed by atoms with Crippen LogP contribution in [0.5, 0.6) is 0 Å². The molecule has 0 bridgehead atoms. The summed E-state index contributed by atoms with van der Waals surface area (Å²) < 4.78 is 7.72. The number of piperazine rings is 1. The second-order valence-corrected chi connectivity index (χ2v) is 10.2. The van der Waals surface area contributed by atoms with E-state index in [1.807, 2.05) is 12.3 Å². The second-order valence-electron chi connectivity index (χ2n) is 9.13. The molecule has 164 valence electrons. The van der Waals surface area contributed by atoms with E-state index in [4.69, 9.17) is 4.74 Å². The van der Waals surface area contributed by atoms with Crippen molar-refractivity contribution in [2.45, 2.75) is 57.2 Å². The summed E-state index contributed by atoms with van der Waals surface area (Å²) in [4.78, 5) is 17.5. The molecule has 0 spiro atoms. The molecule has 1 saturated carbocycles. The lowest BCUT2D eigenvalue weighted by atomic mass is 9.90. The van der Waals surface area contributed by atoms with Crippen LogP contribution >= 0.6 is 11.3 Å². The van der Waals surface area contributed by atoms with E-state index in [2.05, 4.69) is 32.2 Å². The molecule has 5 rings (SSSR count). The summed E-state index contributed by atoms with van der Waals surface area (Å²) in [6.07, 6.45) is 7.43. The van der Waals surface area contributed by atoms with E-state index < -0.39 is 0 Å². The number of fused-ring (bicyclic) bond motifs is 1. The minimum atomic E-state index is 0.0772. The van der Waals surface area contributed by atoms with E-state index >= 15 is 0 Å². The summed E-state index contributed by atoms with van der Waals surface area (Å²) in [7, 11) is 0. The average Bonchev–Trinajstić information content (AvgIpc) is 3.37. The second kappa shape index (κ2) is 8.94. The fraction of sp³-hybridized carbons (Fsp3) is 0.727. The molecule has 7 nitrogen and oxygen atoms in total. The van der Waals surface area contributed by atoms with Crippen LogP contribution in [0.25, 0.3) is 10.2 Å². The van der Waals surface area contributed by atoms with E-state index in [1.54, 1.807) is 11.3 Å². The van der Waals surface area contributed by atoms with Gasteiger partial charge in [0.15, 0.2) is 0 Å². The molecule has 0 radical (unpaired) electrons. The van der Waals surface area contributed by atoms with Gasteiger partial charge in [0.25, 0.3) is 5.91 Å². The third-order valence-corrected chi connectivity index (χ3v) is 8.24. The van der Waals surface area contributed by atoms with Crippen LogP contribution in [-0.4, -0.2) is 72.1 Å². The average molecular weight is 432 g/mol. The Morgan fingerprint density at radius 2 is 2.03 bits per heavy atom. The molecule has 2 aromatic rings. The van der Waals surface area contributed by atoms with Crippen LogP contribution in [0.3, 0.4) is 0 Å². The molecular formula is C22H33N5O2S. The van der Waals surface area contributed by atoms with Gasteiger partial charge >= 0.3 is 0 Å². The summed E-state index contributed by atoms with van der Waals surface area (Å²) >= 11 is 1.58. The number of thiophene rings is 1. The largest absolute Gasteiger partial charge is 0.381 e. The van der Waals surface area contributed by atoms with Crippen molar-refractivity contribution in [3.8, 4) is 0 Å². The van der Waals surface area contributed by atoms with Gasteiger partial charge in [-0.25, -0.2) is 0 Å². The van der Waals surface area contributed by atoms with Crippen molar-refractivity contribution >= 4 is 27.5 Å². The molecule has 8 heteroatoms. The number of nitrogens with zero attached hydrogens (tertiary/aromatic N) is 3. The van der Waals surface area contributed by atoms with E-state index in [1.165, 1.54) is 12.8 Å². The first-order chi connectivity index (χ1) is 14.7. The van der Waals surface area contributed by atoms with Crippen molar-refractivity contribution in [1.29, 1.82) is 0 Å². The van der Waals surface area contributed by atoms with Crippen molar-refractivity contribution in [3.63, 3.8) is 0 Å². The Kier molecular flexibility index (Phi) is 6.09. The highest BCUT2D eigenvalue weighted by Gasteiger charge is 2.29. The number of aromatic nitrogens is 2. The summed E-state index contributed by atoms with van der Waals surface area (Å²) in [5.74, 6) is 0.514. The maximum Gasteiger partial charge on any atom is 0.261 e. The van der Waals surface area contributed by atoms with Crippen LogP contribution in [0.2, 0.25) is 0 Å². The van der Waals surface area contributed by atoms with Crippen molar-refractivity contribution in [2.75, 3.05) is 39.4 Å². The van der Waals surface area contributed by atoms with Crippen LogP contribution in [0, 0.1) is 5.92 Å². The smallest absolute Gasteiger partial charge is 0.261 e. The molecule has 1 amide bonds. The fourth-order valence-electron chi connectivity index (χ4n) is 5.31. The van der Waals surface area contributed by atoms with Crippen LogP contribution in [0.4, 0.5) is 0 Å². The Morgan fingerprint density at radius 1 is 1.23 bits per heavy atom. The van der Waals surface area contributed by atoms with Crippen molar-refractivity contribution in [3.05, 3.63) is 17.1 Å². The Labute approximate surface area is 182 Å². The number of amides is 1. The summed E-state index contributed by atoms with van der Waals surface area (Å²) in [5.41, 5.74) is 0. The van der Waals surface area contributed by atoms with Gasteiger partial charge in [0.05, 0.1) is 23.7 Å². The lowest BCUT2D eigenvalue weighted by molar-refractivity contribution is 0.0265. The lowest BCUT2D eigenvalue weighted by Crippen LogP contribution is -2.50. The third kappa shape index (κ3) is 4.15. The predicted octanol–water partition coefficient (Wildman–Crippen LogP) is 2.64. The van der Waals surface area contributed by atoms with Crippen molar-refractivity contribution < 1.29 is 9.53 Å². The first-order valence-corrected chi connectivity index (χ1v) is 12.3. The minimum Gasteiger partial charge on any atom is -0.381 e. The zero-order valence-electron chi connectivity index (χ0n) is 17.8. The molecule has 3 aliphatic rings. The maximum absolute atomic E-state index is 12.9. The van der Waals surface area contributed by atoms with Crippen LogP contribution < -0.4 is 10.6 Å². The van der Waals surface area contributed by atoms with Gasteiger partial charge in [-0.3, -0.25) is 14.4 Å². The van der Waals surface area contributed by atoms with Crippen LogP contribution in [0.15, 0.2) is 12.3 Å². The minimum absolute atomic E-state index is 0.0772. The number of carbonyl (C=O) groups is 1. The van der Waals surface area contributed by atoms with Gasteiger partial charge in [0, 0.05) is 56.2 Å². The Morgan fingerprint density at radius 3 is 2.80 bits per heavy atom. The number of rotatable bonds is 4. The molecule has 2 saturated heterocycles. The molecule has 2 aliphatic heterocycles. The molecule has 2 N–H and O–H groups in total. The number of hydrogen-bond acceptors (Lipinski definition) is 6. The van der Waals surface area contributed by atoms with Crippen molar-refractivity contribution in [1.82, 2.24) is 25.3 Å². The third-order valence-electron chi connectivity index (χ3n) is 7.10. The SMILES string of the molecule is CC1COCCC1n1ncc2cc(C(=O)N[C@H]3CC[C@@H](N4CCNCC4)CC3)sc21. The first-order valence-electron chi connectivity index (χ1n) is 11.5. The molecule has 2 unspecified atom stereocenters. The fourth-order valence-corrected chi connectivity index (χ4v) is 6.36. The van der Waals surface area contributed by atoms with Gasteiger partial charge in [0.1, 0.15) is 4.83 Å². The lowest BCUT2D eigenvalue weighted by Gasteiger charge is -2.39. The highest BCUT2D eigenvalue weighted by molar-refractivity contribution is 7.20. The topological polar surface area (TPSA) is 71.4 Å². The van der Waals surface area contributed by atoms with E-state index in [-0.39, 0.29) is 5.91 Å². The zero-order chi connectivity index (χ0) is 20.5. The summed E-state index contributed by atoms with van der Waals surface area (Å²) in [5, 5.41) is 12.4. The standard InChI is InChI=1S/C22H33N5O2S/c1-15-14-29-11-6-19(15)27-22-16(13-24-27)12-20(30-22)21(28)25-17-2-4-18(5-3-17)26-9-7-23-8-10-26/h12-13,15,17-19,23H,2-11,14H2,1H3,(H,25,28)/t15?,17-,18+,19?. The Balaban J connectivity index is 1.20. The molecule has 30 heavy (non-hydrogen) atoms. The molecule has 2 atom stereocenters. The summed E-state index contributed by atoms with van der Waals surface area (Å²) in [6, 6.07) is 3.35. The first kappa shape index (κ1) is 20.4. The molecule has 4 heterocycles. The number of carbonyl (C=O) groups excluding carboxylic acids is 1. The molecule has 2 aromatic heterocycles. The van der Waals surface area contributed by atoms with Crippen LogP contribution in [-0.2, 0) is 4.74 Å². The Hall–Kier alpha value is -1.48. The highest BCUT2D eigenvalue weighted by atomic mass is 32.1. The Bertz CT molecular complexity index is 866. The van der Waals surface area contributed by atoms with Gasteiger partial charge in [-0.05, 0) is 38.2 Å². The predicted molar refractivity (Wildman–Crippen MR) is 119 cm³/mol. The molecular weight excluding hydrogens is 398 g/mol. The van der Waals surface area contributed by atoms with E-state index in [0.717, 1.165) is 73.7 Å². The molecule has 3 fully saturated rings. The highest BCUT2D eigenvalue weighted by Crippen LogP contribution is 2.33. The number of nitrogens with one attached hydrogen (secondary N) is 2. The monoisotopic (exact) mass is 431 g/mol. The normalized spacial score (nSPS) is 31.1. The molecule has 1 aliphatic carbocycles.